The lowest BCUT2D eigenvalue weighted by Crippen LogP contribution is -2.24. The van der Waals surface area contributed by atoms with Crippen molar-refractivity contribution in [2.45, 2.75) is 39.8 Å². The third-order valence-corrected chi connectivity index (χ3v) is 4.45. The van der Waals surface area contributed by atoms with E-state index in [9.17, 15) is 0 Å². The molecule has 0 aliphatic heterocycles. The average Bonchev–Trinajstić information content (AvgIpc) is 2.88. The van der Waals surface area contributed by atoms with E-state index in [1.165, 1.54) is 11.1 Å². The largest absolute Gasteiger partial charge is 0.335 e. The molecule has 0 amide bonds. The number of aromatic nitrogens is 2. The van der Waals surface area contributed by atoms with Crippen molar-refractivity contribution in [3.8, 4) is 0 Å². The fourth-order valence-electron chi connectivity index (χ4n) is 2.44. The zero-order chi connectivity index (χ0) is 14.5. The Morgan fingerprint density at radius 3 is 2.80 bits per heavy atom. The van der Waals surface area contributed by atoms with Crippen molar-refractivity contribution >= 4 is 15.9 Å². The molecule has 0 saturated carbocycles. The second kappa shape index (κ2) is 7.04. The van der Waals surface area contributed by atoms with Crippen LogP contribution in [0.5, 0.6) is 0 Å². The molecule has 0 aliphatic carbocycles. The first-order valence-electron chi connectivity index (χ1n) is 7.15. The van der Waals surface area contributed by atoms with E-state index in [-0.39, 0.29) is 0 Å². The first kappa shape index (κ1) is 15.3. The normalized spacial score (nSPS) is 12.6. The summed E-state index contributed by atoms with van der Waals surface area (Å²) < 4.78 is 3.36. The summed E-state index contributed by atoms with van der Waals surface area (Å²) in [5, 5.41) is 3.57. The summed E-state index contributed by atoms with van der Waals surface area (Å²) in [5.41, 5.74) is 2.59. The maximum atomic E-state index is 4.49. The molecule has 1 unspecified atom stereocenters. The van der Waals surface area contributed by atoms with Gasteiger partial charge in [0.05, 0.1) is 0 Å². The van der Waals surface area contributed by atoms with Crippen LogP contribution in [0.1, 0.15) is 36.8 Å². The van der Waals surface area contributed by atoms with Gasteiger partial charge in [0.25, 0.3) is 0 Å². The molecule has 2 aromatic rings. The topological polar surface area (TPSA) is 29.9 Å². The van der Waals surface area contributed by atoms with Gasteiger partial charge in [-0.1, -0.05) is 35.0 Å². The second-order valence-corrected chi connectivity index (χ2v) is 5.81. The van der Waals surface area contributed by atoms with Crippen LogP contribution in [0.4, 0.5) is 0 Å². The number of halogens is 1. The molecule has 20 heavy (non-hydrogen) atoms. The van der Waals surface area contributed by atoms with Gasteiger partial charge in [-0.3, -0.25) is 0 Å². The van der Waals surface area contributed by atoms with Crippen LogP contribution in [-0.2, 0) is 13.0 Å². The van der Waals surface area contributed by atoms with E-state index in [2.05, 4.69) is 69.8 Å². The highest BCUT2D eigenvalue weighted by Crippen LogP contribution is 2.23. The van der Waals surface area contributed by atoms with Crippen molar-refractivity contribution in [3.05, 3.63) is 52.0 Å². The third kappa shape index (κ3) is 3.49. The van der Waals surface area contributed by atoms with Gasteiger partial charge in [0.2, 0.25) is 0 Å². The van der Waals surface area contributed by atoms with Crippen molar-refractivity contribution in [2.24, 2.45) is 0 Å². The van der Waals surface area contributed by atoms with E-state index >= 15 is 0 Å². The van der Waals surface area contributed by atoms with E-state index in [0.29, 0.717) is 6.04 Å². The monoisotopic (exact) mass is 335 g/mol. The summed E-state index contributed by atoms with van der Waals surface area (Å²) in [7, 11) is 0. The van der Waals surface area contributed by atoms with Crippen LogP contribution in [0.2, 0.25) is 0 Å². The summed E-state index contributed by atoms with van der Waals surface area (Å²) in [4.78, 5) is 4.49. The predicted molar refractivity (Wildman–Crippen MR) is 86.9 cm³/mol. The van der Waals surface area contributed by atoms with Gasteiger partial charge in [-0.05, 0) is 37.6 Å². The Labute approximate surface area is 129 Å². The van der Waals surface area contributed by atoms with Crippen molar-refractivity contribution in [2.75, 3.05) is 6.54 Å². The van der Waals surface area contributed by atoms with Gasteiger partial charge in [0.15, 0.2) is 0 Å². The maximum absolute atomic E-state index is 4.49. The lowest BCUT2D eigenvalue weighted by molar-refractivity contribution is 0.522. The summed E-state index contributed by atoms with van der Waals surface area (Å²) in [6.45, 7) is 8.34. The van der Waals surface area contributed by atoms with Crippen molar-refractivity contribution in [3.63, 3.8) is 0 Å². The molecular weight excluding hydrogens is 314 g/mol. The number of benzene rings is 1. The Morgan fingerprint density at radius 1 is 1.35 bits per heavy atom. The average molecular weight is 336 g/mol. The highest BCUT2D eigenvalue weighted by atomic mass is 79.9. The molecule has 1 heterocycles. The van der Waals surface area contributed by atoms with Gasteiger partial charge in [0.1, 0.15) is 5.82 Å². The molecule has 0 spiro atoms. The zero-order valence-corrected chi connectivity index (χ0v) is 13.9. The lowest BCUT2D eigenvalue weighted by Gasteiger charge is -2.19. The predicted octanol–water partition coefficient (Wildman–Crippen LogP) is 3.87. The first-order valence-corrected chi connectivity index (χ1v) is 7.94. The minimum absolute atomic E-state index is 0.305. The van der Waals surface area contributed by atoms with E-state index < -0.39 is 0 Å². The van der Waals surface area contributed by atoms with Crippen LogP contribution >= 0.6 is 15.9 Å². The number of rotatable bonds is 6. The number of nitrogens with one attached hydrogen (secondary N) is 1. The SMILES string of the molecule is CCNC(Cc1nccn1CC)c1ccc(Br)c(C)c1. The lowest BCUT2D eigenvalue weighted by atomic mass is 10.0. The Hall–Kier alpha value is -1.13. The van der Waals surface area contributed by atoms with Crippen LogP contribution in [0.3, 0.4) is 0 Å². The third-order valence-electron chi connectivity index (χ3n) is 3.56. The molecule has 0 saturated heterocycles. The van der Waals surface area contributed by atoms with E-state index in [0.717, 1.165) is 29.8 Å². The Balaban J connectivity index is 2.24. The molecular formula is C16H22BrN3. The first-order chi connectivity index (χ1) is 9.65. The summed E-state index contributed by atoms with van der Waals surface area (Å²) >= 11 is 3.56. The van der Waals surface area contributed by atoms with Crippen LogP contribution in [0.15, 0.2) is 35.1 Å². The molecule has 4 heteroatoms. The number of imidazole rings is 1. The fourth-order valence-corrected chi connectivity index (χ4v) is 2.69. The van der Waals surface area contributed by atoms with Crippen LogP contribution < -0.4 is 5.32 Å². The van der Waals surface area contributed by atoms with Crippen molar-refractivity contribution in [1.82, 2.24) is 14.9 Å². The number of likely N-dealkylation sites (N-methyl/N-ethyl adjacent to an activating group) is 1. The van der Waals surface area contributed by atoms with Crippen molar-refractivity contribution in [1.29, 1.82) is 0 Å². The molecule has 0 radical (unpaired) electrons. The molecule has 108 valence electrons. The van der Waals surface area contributed by atoms with Crippen LogP contribution in [-0.4, -0.2) is 16.1 Å². The van der Waals surface area contributed by atoms with Gasteiger partial charge < -0.3 is 9.88 Å². The molecule has 1 atom stereocenters. The van der Waals surface area contributed by atoms with Crippen LogP contribution in [0.25, 0.3) is 0 Å². The molecule has 0 fully saturated rings. The van der Waals surface area contributed by atoms with E-state index in [1.807, 2.05) is 12.4 Å². The van der Waals surface area contributed by atoms with Gasteiger partial charge in [-0.25, -0.2) is 4.98 Å². The Kier molecular flexibility index (Phi) is 5.38. The molecule has 1 aromatic heterocycles. The molecule has 1 N–H and O–H groups in total. The van der Waals surface area contributed by atoms with Gasteiger partial charge in [-0.2, -0.15) is 0 Å². The number of nitrogens with zero attached hydrogens (tertiary/aromatic N) is 2. The zero-order valence-electron chi connectivity index (χ0n) is 12.4. The Morgan fingerprint density at radius 2 is 2.15 bits per heavy atom. The van der Waals surface area contributed by atoms with E-state index in [1.54, 1.807) is 0 Å². The smallest absolute Gasteiger partial charge is 0.110 e. The summed E-state index contributed by atoms with van der Waals surface area (Å²) in [6.07, 6.45) is 4.84. The standard InChI is InChI=1S/C16H22BrN3/c1-4-18-15(11-16-19-8-9-20(16)5-2)13-6-7-14(17)12(3)10-13/h6-10,15,18H,4-5,11H2,1-3H3. The minimum Gasteiger partial charge on any atom is -0.335 e. The highest BCUT2D eigenvalue weighted by molar-refractivity contribution is 9.10. The fraction of sp³-hybridized carbons (Fsp3) is 0.438. The minimum atomic E-state index is 0.305. The molecule has 0 aliphatic rings. The molecule has 2 rings (SSSR count). The van der Waals surface area contributed by atoms with Gasteiger partial charge >= 0.3 is 0 Å². The summed E-state index contributed by atoms with van der Waals surface area (Å²) in [5.74, 6) is 1.14. The van der Waals surface area contributed by atoms with Gasteiger partial charge in [-0.15, -0.1) is 0 Å². The summed E-state index contributed by atoms with van der Waals surface area (Å²) in [6, 6.07) is 6.86. The highest BCUT2D eigenvalue weighted by Gasteiger charge is 2.14. The van der Waals surface area contributed by atoms with Gasteiger partial charge in [0, 0.05) is 35.9 Å². The molecule has 3 nitrogen and oxygen atoms in total. The quantitative estimate of drug-likeness (QED) is 0.868. The number of aryl methyl sites for hydroxylation is 2. The Bertz CT molecular complexity index is 563. The maximum Gasteiger partial charge on any atom is 0.110 e. The number of hydrogen-bond acceptors (Lipinski definition) is 2. The number of hydrogen-bond donors (Lipinski definition) is 1. The van der Waals surface area contributed by atoms with E-state index in [4.69, 9.17) is 0 Å². The van der Waals surface area contributed by atoms with Crippen LogP contribution in [0, 0.1) is 6.92 Å². The molecule has 0 bridgehead atoms. The van der Waals surface area contributed by atoms with Crippen molar-refractivity contribution < 1.29 is 0 Å². The second-order valence-electron chi connectivity index (χ2n) is 4.95. The molecule has 1 aromatic carbocycles.